The number of nitrogens with one attached hydrogen (secondary N) is 1. The van der Waals surface area contributed by atoms with E-state index in [0.717, 1.165) is 43.6 Å². The molecular formula is C35H40ClN5O3. The van der Waals surface area contributed by atoms with E-state index >= 15 is 0 Å². The number of likely N-dealkylation sites (tertiary alicyclic amines) is 1. The molecule has 2 aromatic heterocycles. The van der Waals surface area contributed by atoms with Crippen LogP contribution in [0.4, 0.5) is 0 Å². The molecule has 0 aliphatic carbocycles. The molecule has 0 bridgehead atoms. The highest BCUT2D eigenvalue weighted by molar-refractivity contribution is 6.35. The molecule has 1 fully saturated rings. The highest BCUT2D eigenvalue weighted by atomic mass is 35.5. The molecule has 2 amide bonds. The lowest BCUT2D eigenvalue weighted by Crippen LogP contribution is -2.48. The Morgan fingerprint density at radius 3 is 2.55 bits per heavy atom. The molecule has 8 nitrogen and oxygen atoms in total. The maximum atomic E-state index is 14.3. The summed E-state index contributed by atoms with van der Waals surface area (Å²) < 4.78 is 0.985. The van der Waals surface area contributed by atoms with Crippen LogP contribution in [0.25, 0.3) is 22.0 Å². The third-order valence-corrected chi connectivity index (χ3v) is 9.45. The topological polar surface area (TPSA) is 96.2 Å². The van der Waals surface area contributed by atoms with Crippen LogP contribution in [0.2, 0.25) is 5.02 Å². The number of H-pyrrole nitrogens is 1. The first-order chi connectivity index (χ1) is 20.9. The van der Waals surface area contributed by atoms with Crippen LogP contribution >= 0.6 is 11.6 Å². The van der Waals surface area contributed by atoms with Gasteiger partial charge in [-0.3, -0.25) is 14.7 Å². The number of halogens is 1. The highest BCUT2D eigenvalue weighted by Gasteiger charge is 2.44. The second-order valence-electron chi connectivity index (χ2n) is 14.0. The van der Waals surface area contributed by atoms with Crippen LogP contribution < -0.4 is 4.73 Å². The number of hydrogen-bond donors (Lipinski definition) is 1. The number of amides is 2. The van der Waals surface area contributed by atoms with E-state index in [2.05, 4.69) is 31.0 Å². The first-order valence-corrected chi connectivity index (χ1v) is 15.8. The standard InChI is InChI=1S/C35H40ClN5O3/c1-34(2,3)22-40-21-28-26(16-29(36)32-27(28)19-37-38-32)17-35(4,33(40)43)18-31(42)39-14-12-24(13-15-39)30-11-10-25(20-41(30)44)23-8-6-5-7-9-23/h5-11,16,19-20,24H,12-15,17-18,21-22H2,1-4H3,(H,37,38). The average molecular weight is 614 g/mol. The van der Waals surface area contributed by atoms with Gasteiger partial charge in [-0.05, 0) is 60.4 Å². The first-order valence-electron chi connectivity index (χ1n) is 15.4. The van der Waals surface area contributed by atoms with Gasteiger partial charge in [0.05, 0.1) is 22.2 Å². The zero-order valence-electron chi connectivity index (χ0n) is 25.9. The monoisotopic (exact) mass is 613 g/mol. The van der Waals surface area contributed by atoms with E-state index in [1.807, 2.05) is 65.3 Å². The normalized spacial score (nSPS) is 19.7. The van der Waals surface area contributed by atoms with Gasteiger partial charge in [0.25, 0.3) is 0 Å². The predicted molar refractivity (Wildman–Crippen MR) is 172 cm³/mol. The first kappa shape index (κ1) is 30.1. The number of pyridine rings is 1. The van der Waals surface area contributed by atoms with Crippen molar-refractivity contribution < 1.29 is 14.3 Å². The molecular weight excluding hydrogens is 574 g/mol. The van der Waals surface area contributed by atoms with Crippen LogP contribution in [0.1, 0.15) is 69.7 Å². The summed E-state index contributed by atoms with van der Waals surface area (Å²) in [5.74, 6) is 0.0408. The summed E-state index contributed by atoms with van der Waals surface area (Å²) in [5, 5.41) is 21.7. The van der Waals surface area contributed by atoms with Gasteiger partial charge in [0, 0.05) is 55.5 Å². The molecule has 9 heteroatoms. The molecule has 230 valence electrons. The number of carbonyl (C=O) groups is 2. The van der Waals surface area contributed by atoms with E-state index in [-0.39, 0.29) is 29.6 Å². The van der Waals surface area contributed by atoms with Crippen LogP contribution in [-0.2, 0) is 22.6 Å². The summed E-state index contributed by atoms with van der Waals surface area (Å²) in [7, 11) is 0. The van der Waals surface area contributed by atoms with Gasteiger partial charge in [-0.15, -0.1) is 0 Å². The number of benzene rings is 2. The molecule has 1 atom stereocenters. The Morgan fingerprint density at radius 2 is 1.86 bits per heavy atom. The van der Waals surface area contributed by atoms with E-state index in [4.69, 9.17) is 11.6 Å². The number of fused-ring (bicyclic) bond motifs is 3. The molecule has 0 spiro atoms. The molecule has 1 saturated heterocycles. The summed E-state index contributed by atoms with van der Waals surface area (Å²) in [6.45, 7) is 10.4. The lowest BCUT2D eigenvalue weighted by Gasteiger charge is -2.37. The Balaban J connectivity index is 1.19. The maximum Gasteiger partial charge on any atom is 0.229 e. The van der Waals surface area contributed by atoms with Gasteiger partial charge >= 0.3 is 0 Å². The van der Waals surface area contributed by atoms with Gasteiger partial charge in [-0.25, -0.2) is 0 Å². The van der Waals surface area contributed by atoms with E-state index in [9.17, 15) is 14.8 Å². The van der Waals surface area contributed by atoms with Gasteiger partial charge in [-0.1, -0.05) is 62.7 Å². The number of hydrogen-bond acceptors (Lipinski definition) is 4. The SMILES string of the molecule is CC(C)(C)CN1Cc2c(cc(Cl)c3[nH]ncc23)CC(C)(CC(=O)N2CCC(c3ccc(-c4ccccc4)c[n+]3[O-])CC2)C1=O. The Bertz CT molecular complexity index is 1700. The van der Waals surface area contributed by atoms with Gasteiger partial charge in [0.15, 0.2) is 11.9 Å². The van der Waals surface area contributed by atoms with Crippen LogP contribution in [0.5, 0.6) is 0 Å². The van der Waals surface area contributed by atoms with E-state index < -0.39 is 5.41 Å². The second-order valence-corrected chi connectivity index (χ2v) is 14.4. The number of piperidine rings is 1. The van der Waals surface area contributed by atoms with Crippen LogP contribution in [0, 0.1) is 16.0 Å². The summed E-state index contributed by atoms with van der Waals surface area (Å²) >= 11 is 6.63. The molecule has 0 radical (unpaired) electrons. The minimum atomic E-state index is -0.920. The van der Waals surface area contributed by atoms with Gasteiger partial charge in [0.1, 0.15) is 0 Å². The molecule has 1 unspecified atom stereocenters. The number of nitrogens with zero attached hydrogens (tertiary/aromatic N) is 4. The van der Waals surface area contributed by atoms with Gasteiger partial charge in [0.2, 0.25) is 11.8 Å². The molecule has 2 aromatic carbocycles. The summed E-state index contributed by atoms with van der Waals surface area (Å²) in [6.07, 6.45) is 5.37. The quantitative estimate of drug-likeness (QED) is 0.213. The van der Waals surface area contributed by atoms with Crippen molar-refractivity contribution in [1.29, 1.82) is 0 Å². The minimum absolute atomic E-state index is 0.00877. The number of aromatic amines is 1. The zero-order chi connectivity index (χ0) is 31.2. The fourth-order valence-corrected chi connectivity index (χ4v) is 7.26. The smallest absolute Gasteiger partial charge is 0.229 e. The average Bonchev–Trinajstić information content (AvgIpc) is 3.46. The molecule has 2 aliphatic rings. The number of aromatic nitrogens is 3. The molecule has 0 saturated carbocycles. The Labute approximate surface area is 263 Å². The van der Waals surface area contributed by atoms with Crippen molar-refractivity contribution >= 4 is 34.3 Å². The number of rotatable bonds is 5. The van der Waals surface area contributed by atoms with Crippen molar-refractivity contribution in [2.24, 2.45) is 10.8 Å². The van der Waals surface area contributed by atoms with Gasteiger partial charge in [-0.2, -0.15) is 9.83 Å². The zero-order valence-corrected chi connectivity index (χ0v) is 26.7. The van der Waals surface area contributed by atoms with Crippen LogP contribution in [0.3, 0.4) is 0 Å². The largest absolute Gasteiger partial charge is 0.618 e. The van der Waals surface area contributed by atoms with E-state index in [1.165, 1.54) is 0 Å². The van der Waals surface area contributed by atoms with E-state index in [1.54, 1.807) is 12.4 Å². The Morgan fingerprint density at radius 1 is 1.14 bits per heavy atom. The van der Waals surface area contributed by atoms with Crippen molar-refractivity contribution in [1.82, 2.24) is 20.0 Å². The third-order valence-electron chi connectivity index (χ3n) is 9.15. The van der Waals surface area contributed by atoms with Crippen molar-refractivity contribution in [2.45, 2.75) is 65.8 Å². The molecule has 2 aliphatic heterocycles. The number of carbonyl (C=O) groups excluding carboxylic acids is 2. The molecule has 4 aromatic rings. The fraction of sp³-hybridized carbons (Fsp3) is 0.429. The Hall–Kier alpha value is -3.91. The lowest BCUT2D eigenvalue weighted by molar-refractivity contribution is -0.615. The predicted octanol–water partition coefficient (Wildman–Crippen LogP) is 6.25. The third kappa shape index (κ3) is 5.92. The lowest BCUT2D eigenvalue weighted by atomic mass is 9.78. The van der Waals surface area contributed by atoms with E-state index in [0.29, 0.717) is 50.5 Å². The molecule has 4 heterocycles. The van der Waals surface area contributed by atoms with Crippen molar-refractivity contribution in [3.05, 3.63) is 88.0 Å². The summed E-state index contributed by atoms with van der Waals surface area (Å²) in [6, 6.07) is 15.7. The molecule has 6 rings (SSSR count). The fourth-order valence-electron chi connectivity index (χ4n) is 6.99. The summed E-state index contributed by atoms with van der Waals surface area (Å²) in [5.41, 5.74) is 4.38. The van der Waals surface area contributed by atoms with Crippen LogP contribution in [0.15, 0.2) is 60.9 Å². The van der Waals surface area contributed by atoms with Crippen molar-refractivity contribution in [2.75, 3.05) is 19.6 Å². The Kier molecular flexibility index (Phi) is 7.91. The summed E-state index contributed by atoms with van der Waals surface area (Å²) in [4.78, 5) is 31.9. The van der Waals surface area contributed by atoms with Crippen LogP contribution in [-0.4, -0.2) is 51.4 Å². The molecule has 1 N–H and O–H groups in total. The molecule has 44 heavy (non-hydrogen) atoms. The van der Waals surface area contributed by atoms with Crippen molar-refractivity contribution in [3.63, 3.8) is 0 Å². The second kappa shape index (κ2) is 11.5. The minimum Gasteiger partial charge on any atom is -0.618 e. The highest BCUT2D eigenvalue weighted by Crippen LogP contribution is 2.41. The van der Waals surface area contributed by atoms with Gasteiger partial charge < -0.3 is 15.0 Å². The maximum absolute atomic E-state index is 14.3. The van der Waals surface area contributed by atoms with Crippen molar-refractivity contribution in [3.8, 4) is 11.1 Å².